The van der Waals surface area contributed by atoms with Gasteiger partial charge in [-0.3, -0.25) is 4.72 Å². The topological polar surface area (TPSA) is 66.4 Å². The normalized spacial score (nSPS) is 11.3. The Morgan fingerprint density at radius 3 is 2.35 bits per heavy atom. The van der Waals surface area contributed by atoms with Gasteiger partial charge in [0.05, 0.1) is 11.6 Å². The first-order chi connectivity index (χ1) is 9.42. The molecule has 2 rings (SSSR count). The molecule has 0 fully saturated rings. The minimum absolute atomic E-state index is 0.0380. The summed E-state index contributed by atoms with van der Waals surface area (Å²) in [7, 11) is -3.72. The number of benzene rings is 2. The van der Waals surface area contributed by atoms with Gasteiger partial charge in [-0.25, -0.2) is 8.42 Å². The van der Waals surface area contributed by atoms with Crippen molar-refractivity contribution < 1.29 is 13.5 Å². The van der Waals surface area contributed by atoms with Crippen molar-refractivity contribution in [3.05, 3.63) is 58.6 Å². The van der Waals surface area contributed by atoms with E-state index in [1.165, 1.54) is 6.07 Å². The molecule has 4 nitrogen and oxygen atoms in total. The highest BCUT2D eigenvalue weighted by atomic mass is 35.5. The van der Waals surface area contributed by atoms with E-state index in [2.05, 4.69) is 4.72 Å². The van der Waals surface area contributed by atoms with Crippen LogP contribution in [0.25, 0.3) is 0 Å². The Hall–Kier alpha value is -1.56. The van der Waals surface area contributed by atoms with E-state index in [1.54, 1.807) is 36.4 Å². The van der Waals surface area contributed by atoms with Gasteiger partial charge in [0.2, 0.25) is 0 Å². The highest BCUT2D eigenvalue weighted by Gasteiger charge is 2.17. The second-order valence-electron chi connectivity index (χ2n) is 4.39. The third-order valence-electron chi connectivity index (χ3n) is 2.77. The van der Waals surface area contributed by atoms with Gasteiger partial charge in [0.15, 0.2) is 0 Å². The van der Waals surface area contributed by atoms with Gasteiger partial charge in [0, 0.05) is 5.69 Å². The Morgan fingerprint density at radius 2 is 1.80 bits per heavy atom. The molecule has 0 spiro atoms. The maximum absolute atomic E-state index is 12.2. The molecule has 0 saturated carbocycles. The average molecular weight is 312 g/mol. The Kier molecular flexibility index (Phi) is 4.32. The summed E-state index contributed by atoms with van der Waals surface area (Å²) >= 11 is 5.98. The fourth-order valence-corrected chi connectivity index (χ4v) is 3.37. The summed E-state index contributed by atoms with van der Waals surface area (Å²) in [5, 5.41) is 9.13. The van der Waals surface area contributed by atoms with Crippen molar-refractivity contribution in [2.75, 3.05) is 4.72 Å². The molecule has 0 saturated heterocycles. The van der Waals surface area contributed by atoms with Crippen LogP contribution in [0.1, 0.15) is 11.1 Å². The summed E-state index contributed by atoms with van der Waals surface area (Å²) in [5.74, 6) is 0. The van der Waals surface area contributed by atoms with Crippen molar-refractivity contribution in [2.24, 2.45) is 0 Å². The Bertz CT molecular complexity index is 712. The van der Waals surface area contributed by atoms with Crippen molar-refractivity contribution >= 4 is 27.3 Å². The molecule has 0 heterocycles. The molecule has 2 aromatic carbocycles. The van der Waals surface area contributed by atoms with Crippen LogP contribution >= 0.6 is 11.6 Å². The van der Waals surface area contributed by atoms with Gasteiger partial charge in [-0.1, -0.05) is 29.8 Å². The van der Waals surface area contributed by atoms with Crippen LogP contribution in [0.4, 0.5) is 5.69 Å². The predicted octanol–water partition coefficient (Wildman–Crippen LogP) is 2.94. The SMILES string of the molecule is Cc1ccc(S(=O)(=O)Nc2ccc(CO)cc2)c(Cl)c1. The number of sulfonamides is 1. The standard InChI is InChI=1S/C14H14ClNO3S/c1-10-2-7-14(13(15)8-10)20(18,19)16-12-5-3-11(9-17)4-6-12/h2-8,16-17H,9H2,1H3. The quantitative estimate of drug-likeness (QED) is 0.912. The fourth-order valence-electron chi connectivity index (χ4n) is 1.71. The number of aliphatic hydroxyl groups is 1. The lowest BCUT2D eigenvalue weighted by Crippen LogP contribution is -2.13. The number of aryl methyl sites for hydroxylation is 1. The zero-order chi connectivity index (χ0) is 14.8. The number of hydrogen-bond donors (Lipinski definition) is 2. The molecule has 0 aliphatic rings. The van der Waals surface area contributed by atoms with Crippen LogP contribution in [0.15, 0.2) is 47.4 Å². The maximum atomic E-state index is 12.2. The lowest BCUT2D eigenvalue weighted by molar-refractivity contribution is 0.282. The zero-order valence-electron chi connectivity index (χ0n) is 10.8. The number of aliphatic hydroxyl groups excluding tert-OH is 1. The highest BCUT2D eigenvalue weighted by Crippen LogP contribution is 2.24. The summed E-state index contributed by atoms with van der Waals surface area (Å²) in [6, 6.07) is 11.2. The van der Waals surface area contributed by atoms with Crippen LogP contribution in [0, 0.1) is 6.92 Å². The van der Waals surface area contributed by atoms with Crippen LogP contribution < -0.4 is 4.72 Å². The van der Waals surface area contributed by atoms with Gasteiger partial charge in [-0.2, -0.15) is 0 Å². The van der Waals surface area contributed by atoms with Gasteiger partial charge >= 0.3 is 0 Å². The molecule has 106 valence electrons. The van der Waals surface area contributed by atoms with Crippen LogP contribution in [-0.2, 0) is 16.6 Å². The minimum atomic E-state index is -3.72. The van der Waals surface area contributed by atoms with Crippen molar-refractivity contribution in [3.63, 3.8) is 0 Å². The molecular formula is C14H14ClNO3S. The summed E-state index contributed by atoms with van der Waals surface area (Å²) in [4.78, 5) is 0.0380. The summed E-state index contributed by atoms with van der Waals surface area (Å²) < 4.78 is 26.9. The van der Waals surface area contributed by atoms with E-state index in [4.69, 9.17) is 16.7 Å². The van der Waals surface area contributed by atoms with Crippen LogP contribution in [0.5, 0.6) is 0 Å². The number of halogens is 1. The highest BCUT2D eigenvalue weighted by molar-refractivity contribution is 7.92. The Labute approximate surface area is 123 Å². The van der Waals surface area contributed by atoms with E-state index < -0.39 is 10.0 Å². The molecule has 0 amide bonds. The summed E-state index contributed by atoms with van der Waals surface area (Å²) in [5.41, 5.74) is 2.02. The first kappa shape index (κ1) is 14.8. The van der Waals surface area contributed by atoms with Gasteiger partial charge in [-0.15, -0.1) is 0 Å². The number of rotatable bonds is 4. The first-order valence-corrected chi connectivity index (χ1v) is 7.77. The molecule has 0 aliphatic carbocycles. The van der Waals surface area contributed by atoms with E-state index in [0.717, 1.165) is 5.56 Å². The minimum Gasteiger partial charge on any atom is -0.392 e. The molecule has 20 heavy (non-hydrogen) atoms. The Morgan fingerprint density at radius 1 is 1.15 bits per heavy atom. The van der Waals surface area contributed by atoms with E-state index in [9.17, 15) is 8.42 Å². The molecule has 0 bridgehead atoms. The van der Waals surface area contributed by atoms with Crippen molar-refractivity contribution in [1.29, 1.82) is 0 Å². The molecule has 0 atom stereocenters. The maximum Gasteiger partial charge on any atom is 0.263 e. The second kappa shape index (κ2) is 5.83. The smallest absolute Gasteiger partial charge is 0.263 e. The lowest BCUT2D eigenvalue weighted by atomic mass is 10.2. The third kappa shape index (κ3) is 3.30. The van der Waals surface area contributed by atoms with E-state index >= 15 is 0 Å². The molecule has 0 aromatic heterocycles. The van der Waals surface area contributed by atoms with E-state index in [0.29, 0.717) is 11.3 Å². The van der Waals surface area contributed by atoms with Crippen molar-refractivity contribution in [3.8, 4) is 0 Å². The first-order valence-electron chi connectivity index (χ1n) is 5.91. The predicted molar refractivity (Wildman–Crippen MR) is 79.4 cm³/mol. The van der Waals surface area contributed by atoms with Gasteiger partial charge in [0.1, 0.15) is 4.90 Å². The molecular weight excluding hydrogens is 298 g/mol. The number of nitrogens with one attached hydrogen (secondary N) is 1. The van der Waals surface area contributed by atoms with Crippen LogP contribution in [0.2, 0.25) is 5.02 Å². The Balaban J connectivity index is 2.30. The van der Waals surface area contributed by atoms with E-state index in [-0.39, 0.29) is 16.5 Å². The van der Waals surface area contributed by atoms with Crippen LogP contribution in [-0.4, -0.2) is 13.5 Å². The second-order valence-corrected chi connectivity index (χ2v) is 6.45. The van der Waals surface area contributed by atoms with Gasteiger partial charge in [-0.05, 0) is 42.3 Å². The zero-order valence-corrected chi connectivity index (χ0v) is 12.4. The lowest BCUT2D eigenvalue weighted by Gasteiger charge is -2.10. The van der Waals surface area contributed by atoms with Gasteiger partial charge < -0.3 is 5.11 Å². The van der Waals surface area contributed by atoms with Crippen molar-refractivity contribution in [1.82, 2.24) is 0 Å². The molecule has 6 heteroatoms. The summed E-state index contributed by atoms with van der Waals surface area (Å²) in [6.07, 6.45) is 0. The summed E-state index contributed by atoms with van der Waals surface area (Å²) in [6.45, 7) is 1.75. The monoisotopic (exact) mass is 311 g/mol. The van der Waals surface area contributed by atoms with E-state index in [1.807, 2.05) is 6.92 Å². The molecule has 2 N–H and O–H groups in total. The van der Waals surface area contributed by atoms with Gasteiger partial charge in [0.25, 0.3) is 10.0 Å². The molecule has 0 unspecified atom stereocenters. The fraction of sp³-hybridized carbons (Fsp3) is 0.143. The third-order valence-corrected chi connectivity index (χ3v) is 4.63. The number of anilines is 1. The molecule has 0 aliphatic heterocycles. The molecule has 0 radical (unpaired) electrons. The van der Waals surface area contributed by atoms with Crippen molar-refractivity contribution in [2.45, 2.75) is 18.4 Å². The average Bonchev–Trinajstić information content (AvgIpc) is 2.38. The number of hydrogen-bond acceptors (Lipinski definition) is 3. The largest absolute Gasteiger partial charge is 0.392 e. The molecule has 2 aromatic rings. The van der Waals surface area contributed by atoms with Crippen LogP contribution in [0.3, 0.4) is 0 Å².